The second kappa shape index (κ2) is 8.22. The molecule has 0 aromatic heterocycles. The van der Waals surface area contributed by atoms with Crippen LogP contribution in [-0.4, -0.2) is 38.5 Å². The van der Waals surface area contributed by atoms with Gasteiger partial charge in [0, 0.05) is 5.56 Å². The van der Waals surface area contributed by atoms with E-state index >= 15 is 0 Å². The number of aryl methyl sites for hydroxylation is 1. The Morgan fingerprint density at radius 1 is 1.19 bits per heavy atom. The maximum Gasteiger partial charge on any atom is 0.259 e. The van der Waals surface area contributed by atoms with Crippen LogP contribution in [0.5, 0.6) is 17.2 Å². The minimum atomic E-state index is -0.438. The quantitative estimate of drug-likeness (QED) is 0.595. The molecular weight excluding hydrogens is 350 g/mol. The lowest BCUT2D eigenvalue weighted by molar-refractivity contribution is -0.120. The highest BCUT2D eigenvalue weighted by molar-refractivity contribution is 5.97. The Labute approximate surface area is 156 Å². The summed E-state index contributed by atoms with van der Waals surface area (Å²) in [5.74, 6) is 1.02. The normalized spacial score (nSPS) is 12.1. The standard InChI is InChI=1S/C19H19N3O5/c1-12-7-15(25-2)5-3-14(12)9-21-22-18(23)10-20-19(24)13-4-6-16-17(8-13)27-11-26-16/h3-9H,10-11H2,1-2H3,(H,20,24)(H,22,23)/b21-9+. The van der Waals surface area contributed by atoms with Crippen molar-refractivity contribution in [1.29, 1.82) is 0 Å². The largest absolute Gasteiger partial charge is 0.497 e. The van der Waals surface area contributed by atoms with E-state index in [9.17, 15) is 9.59 Å². The number of hydrogen-bond donors (Lipinski definition) is 2. The first-order chi connectivity index (χ1) is 13.1. The van der Waals surface area contributed by atoms with E-state index in [0.717, 1.165) is 16.9 Å². The highest BCUT2D eigenvalue weighted by Gasteiger charge is 2.16. The van der Waals surface area contributed by atoms with Crippen molar-refractivity contribution in [3.05, 3.63) is 53.1 Å². The molecule has 27 heavy (non-hydrogen) atoms. The molecule has 1 aliphatic rings. The van der Waals surface area contributed by atoms with Crippen LogP contribution >= 0.6 is 0 Å². The zero-order valence-electron chi connectivity index (χ0n) is 14.9. The molecule has 1 aliphatic heterocycles. The molecule has 0 radical (unpaired) electrons. The molecule has 0 atom stereocenters. The smallest absolute Gasteiger partial charge is 0.259 e. The zero-order chi connectivity index (χ0) is 19.2. The van der Waals surface area contributed by atoms with E-state index in [1.54, 1.807) is 25.3 Å². The number of methoxy groups -OCH3 is 1. The van der Waals surface area contributed by atoms with Crippen LogP contribution in [-0.2, 0) is 4.79 Å². The summed E-state index contributed by atoms with van der Waals surface area (Å²) in [4.78, 5) is 23.9. The average molecular weight is 369 g/mol. The van der Waals surface area contributed by atoms with E-state index in [0.29, 0.717) is 17.1 Å². The van der Waals surface area contributed by atoms with E-state index < -0.39 is 11.8 Å². The molecule has 2 aromatic rings. The first-order valence-electron chi connectivity index (χ1n) is 8.21. The van der Waals surface area contributed by atoms with Gasteiger partial charge in [-0.3, -0.25) is 9.59 Å². The summed E-state index contributed by atoms with van der Waals surface area (Å²) in [6.07, 6.45) is 1.53. The Morgan fingerprint density at radius 2 is 2.00 bits per heavy atom. The number of carbonyl (C=O) groups excluding carboxylic acids is 2. The fraction of sp³-hybridized carbons (Fsp3) is 0.211. The van der Waals surface area contributed by atoms with Gasteiger partial charge in [-0.25, -0.2) is 5.43 Å². The molecule has 0 bridgehead atoms. The Balaban J connectivity index is 1.49. The van der Waals surface area contributed by atoms with E-state index in [1.807, 2.05) is 25.1 Å². The third-order valence-corrected chi connectivity index (χ3v) is 3.91. The molecule has 8 nitrogen and oxygen atoms in total. The topological polar surface area (TPSA) is 98.2 Å². The molecule has 0 aliphatic carbocycles. The first-order valence-corrected chi connectivity index (χ1v) is 8.21. The van der Waals surface area contributed by atoms with Gasteiger partial charge in [-0.15, -0.1) is 0 Å². The van der Waals surface area contributed by atoms with Crippen LogP contribution in [0.3, 0.4) is 0 Å². The molecule has 2 amide bonds. The van der Waals surface area contributed by atoms with Crippen molar-refractivity contribution in [3.8, 4) is 17.2 Å². The second-order valence-electron chi connectivity index (χ2n) is 5.77. The number of hydrogen-bond acceptors (Lipinski definition) is 6. The van der Waals surface area contributed by atoms with Gasteiger partial charge in [-0.2, -0.15) is 5.10 Å². The Morgan fingerprint density at radius 3 is 2.78 bits per heavy atom. The predicted octanol–water partition coefficient (Wildman–Crippen LogP) is 1.61. The number of carbonyl (C=O) groups is 2. The maximum atomic E-state index is 12.1. The molecule has 8 heteroatoms. The summed E-state index contributed by atoms with van der Waals surface area (Å²) in [5.41, 5.74) is 4.56. The fourth-order valence-electron chi connectivity index (χ4n) is 2.43. The molecule has 1 heterocycles. The van der Waals surface area contributed by atoms with E-state index in [4.69, 9.17) is 14.2 Å². The monoisotopic (exact) mass is 369 g/mol. The van der Waals surface area contributed by atoms with Crippen LogP contribution in [0.1, 0.15) is 21.5 Å². The zero-order valence-corrected chi connectivity index (χ0v) is 14.9. The highest BCUT2D eigenvalue weighted by Crippen LogP contribution is 2.32. The number of benzene rings is 2. The first kappa shape index (κ1) is 18.2. The third-order valence-electron chi connectivity index (χ3n) is 3.91. The minimum Gasteiger partial charge on any atom is -0.497 e. The second-order valence-corrected chi connectivity index (χ2v) is 5.77. The van der Waals surface area contributed by atoms with Crippen LogP contribution in [0.15, 0.2) is 41.5 Å². The molecule has 140 valence electrons. The number of rotatable bonds is 6. The summed E-state index contributed by atoms with van der Waals surface area (Å²) in [6.45, 7) is 1.85. The molecule has 0 fully saturated rings. The number of nitrogens with zero attached hydrogens (tertiary/aromatic N) is 1. The summed E-state index contributed by atoms with van der Waals surface area (Å²) in [7, 11) is 1.60. The van der Waals surface area contributed by atoms with Crippen molar-refractivity contribution >= 4 is 18.0 Å². The van der Waals surface area contributed by atoms with Gasteiger partial charge in [0.05, 0.1) is 19.9 Å². The minimum absolute atomic E-state index is 0.133. The Hall–Kier alpha value is -3.55. The van der Waals surface area contributed by atoms with Gasteiger partial charge in [0.1, 0.15) is 5.75 Å². The van der Waals surface area contributed by atoms with Crippen molar-refractivity contribution in [2.75, 3.05) is 20.4 Å². The highest BCUT2D eigenvalue weighted by atomic mass is 16.7. The van der Waals surface area contributed by atoms with Gasteiger partial charge < -0.3 is 19.5 Å². The lowest BCUT2D eigenvalue weighted by Gasteiger charge is -2.06. The molecule has 0 saturated carbocycles. The predicted molar refractivity (Wildman–Crippen MR) is 98.4 cm³/mol. The lowest BCUT2D eigenvalue weighted by atomic mass is 10.1. The number of amides is 2. The van der Waals surface area contributed by atoms with Crippen molar-refractivity contribution in [1.82, 2.24) is 10.7 Å². The van der Waals surface area contributed by atoms with Gasteiger partial charge >= 0.3 is 0 Å². The summed E-state index contributed by atoms with van der Waals surface area (Å²) < 4.78 is 15.6. The average Bonchev–Trinajstić information content (AvgIpc) is 3.15. The van der Waals surface area contributed by atoms with Crippen LogP contribution in [0.4, 0.5) is 0 Å². The Bertz CT molecular complexity index is 895. The molecule has 2 N–H and O–H groups in total. The number of ether oxygens (including phenoxy) is 3. The van der Waals surface area contributed by atoms with Crippen LogP contribution in [0.2, 0.25) is 0 Å². The third kappa shape index (κ3) is 4.55. The van der Waals surface area contributed by atoms with E-state index in [-0.39, 0.29) is 13.3 Å². The molecule has 0 unspecified atom stereocenters. The van der Waals surface area contributed by atoms with Gasteiger partial charge in [0.25, 0.3) is 11.8 Å². The van der Waals surface area contributed by atoms with Gasteiger partial charge in [-0.1, -0.05) is 0 Å². The Kier molecular flexibility index (Phi) is 5.55. The van der Waals surface area contributed by atoms with E-state index in [1.165, 1.54) is 6.21 Å². The van der Waals surface area contributed by atoms with Crippen molar-refractivity contribution < 1.29 is 23.8 Å². The van der Waals surface area contributed by atoms with Crippen LogP contribution < -0.4 is 25.0 Å². The maximum absolute atomic E-state index is 12.1. The summed E-state index contributed by atoms with van der Waals surface area (Å²) in [5, 5.41) is 6.43. The van der Waals surface area contributed by atoms with Crippen molar-refractivity contribution in [2.24, 2.45) is 5.10 Å². The molecule has 0 spiro atoms. The molecular formula is C19H19N3O5. The van der Waals surface area contributed by atoms with Crippen LogP contribution in [0, 0.1) is 6.92 Å². The number of fused-ring (bicyclic) bond motifs is 1. The van der Waals surface area contributed by atoms with Crippen LogP contribution in [0.25, 0.3) is 0 Å². The van der Waals surface area contributed by atoms with Crippen molar-refractivity contribution in [2.45, 2.75) is 6.92 Å². The van der Waals surface area contributed by atoms with Crippen molar-refractivity contribution in [3.63, 3.8) is 0 Å². The molecule has 3 rings (SSSR count). The molecule has 0 saturated heterocycles. The van der Waals surface area contributed by atoms with Gasteiger partial charge in [0.15, 0.2) is 11.5 Å². The lowest BCUT2D eigenvalue weighted by Crippen LogP contribution is -2.34. The summed E-state index contributed by atoms with van der Waals surface area (Å²) >= 11 is 0. The number of hydrazone groups is 1. The molecule has 2 aromatic carbocycles. The summed E-state index contributed by atoms with van der Waals surface area (Å²) in [6, 6.07) is 10.3. The van der Waals surface area contributed by atoms with Gasteiger partial charge in [0.2, 0.25) is 6.79 Å². The van der Waals surface area contributed by atoms with E-state index in [2.05, 4.69) is 15.8 Å². The van der Waals surface area contributed by atoms with Gasteiger partial charge in [-0.05, 0) is 54.4 Å². The number of nitrogens with one attached hydrogen (secondary N) is 2. The fourth-order valence-corrected chi connectivity index (χ4v) is 2.43. The SMILES string of the molecule is COc1ccc(/C=N/NC(=O)CNC(=O)c2ccc3c(c2)OCO3)c(C)c1.